The van der Waals surface area contributed by atoms with Crippen molar-refractivity contribution in [2.24, 2.45) is 5.10 Å². The average molecular weight is 456 g/mol. The van der Waals surface area contributed by atoms with Gasteiger partial charge < -0.3 is 0 Å². The van der Waals surface area contributed by atoms with Crippen molar-refractivity contribution < 1.29 is 13.2 Å². The van der Waals surface area contributed by atoms with Gasteiger partial charge in [-0.3, -0.25) is 9.10 Å². The molecule has 0 unspecified atom stereocenters. The molecule has 1 aliphatic carbocycles. The lowest BCUT2D eigenvalue weighted by Crippen LogP contribution is -2.39. The summed E-state index contributed by atoms with van der Waals surface area (Å²) in [5.41, 5.74) is 6.93. The summed E-state index contributed by atoms with van der Waals surface area (Å²) in [6.07, 6.45) is 4.72. The van der Waals surface area contributed by atoms with Crippen LogP contribution >= 0.6 is 11.6 Å². The molecule has 160 valence electrons. The predicted molar refractivity (Wildman–Crippen MR) is 125 cm³/mol. The highest BCUT2D eigenvalue weighted by molar-refractivity contribution is 7.92. The van der Waals surface area contributed by atoms with Gasteiger partial charge in [0.25, 0.3) is 5.91 Å². The Kier molecular flexibility index (Phi) is 5.73. The first-order chi connectivity index (χ1) is 14.8. The molecule has 1 aliphatic rings. The number of anilines is 1. The number of amides is 1. The van der Waals surface area contributed by atoms with Gasteiger partial charge in [-0.25, -0.2) is 13.8 Å². The number of sulfonamides is 1. The maximum Gasteiger partial charge on any atom is 0.260 e. The molecule has 4 rings (SSSR count). The van der Waals surface area contributed by atoms with E-state index in [4.69, 9.17) is 11.6 Å². The van der Waals surface area contributed by atoms with E-state index in [9.17, 15) is 13.2 Å². The molecule has 0 aliphatic heterocycles. The van der Waals surface area contributed by atoms with Gasteiger partial charge in [0.15, 0.2) is 0 Å². The van der Waals surface area contributed by atoms with Crippen molar-refractivity contribution in [2.45, 2.75) is 19.8 Å². The standard InChI is InChI=1S/C23H22ClN3O3S/c1-15-20(24)7-4-8-21(15)27(31(2,29)30)14-22(28)26-25-13-18-12-11-17-10-9-16-5-3-6-19(18)23(16)17/h3-8,11-13H,9-10,14H2,1-2H3,(H,26,28)/b25-13+. The summed E-state index contributed by atoms with van der Waals surface area (Å²) >= 11 is 6.12. The van der Waals surface area contributed by atoms with Gasteiger partial charge in [0.1, 0.15) is 6.54 Å². The lowest BCUT2D eigenvalue weighted by atomic mass is 10.0. The summed E-state index contributed by atoms with van der Waals surface area (Å²) in [7, 11) is -3.70. The van der Waals surface area contributed by atoms with E-state index in [1.165, 1.54) is 16.5 Å². The van der Waals surface area contributed by atoms with Crippen molar-refractivity contribution in [3.05, 3.63) is 75.8 Å². The molecule has 1 amide bonds. The van der Waals surface area contributed by atoms with E-state index in [0.717, 1.165) is 34.4 Å². The first-order valence-corrected chi connectivity index (χ1v) is 12.1. The van der Waals surface area contributed by atoms with Crippen molar-refractivity contribution in [1.82, 2.24) is 5.43 Å². The molecule has 0 atom stereocenters. The molecule has 0 saturated heterocycles. The minimum absolute atomic E-state index is 0.363. The van der Waals surface area contributed by atoms with Gasteiger partial charge in [0.05, 0.1) is 18.2 Å². The van der Waals surface area contributed by atoms with E-state index in [1.807, 2.05) is 18.2 Å². The molecular weight excluding hydrogens is 434 g/mol. The fourth-order valence-corrected chi connectivity index (χ4v) is 5.05. The highest BCUT2D eigenvalue weighted by atomic mass is 35.5. The minimum Gasteiger partial charge on any atom is -0.271 e. The SMILES string of the molecule is Cc1c(Cl)cccc1N(CC(=O)N/N=C/c1ccc2c3c(cccc13)CC2)S(C)(=O)=O. The second-order valence-corrected chi connectivity index (χ2v) is 9.91. The first-order valence-electron chi connectivity index (χ1n) is 9.84. The average Bonchev–Trinajstić information content (AvgIpc) is 3.14. The largest absolute Gasteiger partial charge is 0.271 e. The number of rotatable bonds is 6. The van der Waals surface area contributed by atoms with E-state index in [2.05, 4.69) is 22.7 Å². The zero-order valence-electron chi connectivity index (χ0n) is 17.2. The van der Waals surface area contributed by atoms with Crippen LogP contribution in [0.3, 0.4) is 0 Å². The number of benzene rings is 3. The number of aryl methyl sites for hydroxylation is 2. The van der Waals surface area contributed by atoms with Crippen LogP contribution in [0.5, 0.6) is 0 Å². The van der Waals surface area contributed by atoms with Crippen LogP contribution in [0.15, 0.2) is 53.6 Å². The summed E-state index contributed by atoms with van der Waals surface area (Å²) in [5, 5.41) is 6.85. The van der Waals surface area contributed by atoms with Gasteiger partial charge >= 0.3 is 0 Å². The minimum atomic E-state index is -3.70. The fraction of sp³-hybridized carbons (Fsp3) is 0.217. The molecule has 0 bridgehead atoms. The topological polar surface area (TPSA) is 78.8 Å². The lowest BCUT2D eigenvalue weighted by molar-refractivity contribution is -0.119. The molecule has 6 nitrogen and oxygen atoms in total. The van der Waals surface area contributed by atoms with Crippen LogP contribution in [0.25, 0.3) is 10.8 Å². The molecule has 31 heavy (non-hydrogen) atoms. The molecule has 0 saturated carbocycles. The van der Waals surface area contributed by atoms with Crippen LogP contribution in [0, 0.1) is 6.92 Å². The molecule has 3 aromatic rings. The molecule has 3 aromatic carbocycles. The Morgan fingerprint density at radius 3 is 2.58 bits per heavy atom. The summed E-state index contributed by atoms with van der Waals surface area (Å²) in [5.74, 6) is -0.549. The fourth-order valence-electron chi connectivity index (χ4n) is 3.97. The van der Waals surface area contributed by atoms with E-state index in [1.54, 1.807) is 31.3 Å². The lowest BCUT2D eigenvalue weighted by Gasteiger charge is -2.23. The maximum atomic E-state index is 12.5. The van der Waals surface area contributed by atoms with Crippen LogP contribution in [0.1, 0.15) is 22.3 Å². The molecule has 0 spiro atoms. The third-order valence-corrected chi connectivity index (χ3v) is 7.03. The highest BCUT2D eigenvalue weighted by Gasteiger charge is 2.23. The van der Waals surface area contributed by atoms with Crippen molar-refractivity contribution in [2.75, 3.05) is 17.1 Å². The molecule has 8 heteroatoms. The number of halogens is 1. The third-order valence-electron chi connectivity index (χ3n) is 5.50. The third kappa shape index (κ3) is 4.29. The van der Waals surface area contributed by atoms with Crippen LogP contribution in [-0.2, 0) is 27.7 Å². The molecule has 0 fully saturated rings. The molecule has 0 heterocycles. The Labute approximate surface area is 186 Å². The zero-order chi connectivity index (χ0) is 22.2. The van der Waals surface area contributed by atoms with E-state index < -0.39 is 22.5 Å². The van der Waals surface area contributed by atoms with Gasteiger partial charge in [-0.2, -0.15) is 5.10 Å². The Bertz CT molecular complexity index is 1310. The number of nitrogens with one attached hydrogen (secondary N) is 1. The Morgan fingerprint density at radius 1 is 1.13 bits per heavy atom. The quantitative estimate of drug-likeness (QED) is 0.453. The molecule has 1 N–H and O–H groups in total. The van der Waals surface area contributed by atoms with Gasteiger partial charge in [-0.1, -0.05) is 48.0 Å². The number of carbonyl (C=O) groups excluding carboxylic acids is 1. The molecule has 0 radical (unpaired) electrons. The smallest absolute Gasteiger partial charge is 0.260 e. The second-order valence-electron chi connectivity index (χ2n) is 7.60. The van der Waals surface area contributed by atoms with Crippen LogP contribution in [-0.4, -0.2) is 33.3 Å². The van der Waals surface area contributed by atoms with Crippen molar-refractivity contribution in [3.8, 4) is 0 Å². The normalized spacial score (nSPS) is 13.1. The Hall–Kier alpha value is -2.90. The van der Waals surface area contributed by atoms with Gasteiger partial charge in [-0.05, 0) is 59.4 Å². The predicted octanol–water partition coefficient (Wildman–Crippen LogP) is 3.82. The van der Waals surface area contributed by atoms with E-state index in [-0.39, 0.29) is 0 Å². The van der Waals surface area contributed by atoms with Crippen LogP contribution < -0.4 is 9.73 Å². The van der Waals surface area contributed by atoms with E-state index in [0.29, 0.717) is 16.3 Å². The van der Waals surface area contributed by atoms with Gasteiger partial charge in [-0.15, -0.1) is 0 Å². The van der Waals surface area contributed by atoms with Gasteiger partial charge in [0.2, 0.25) is 10.0 Å². The number of hydrogen-bond acceptors (Lipinski definition) is 4. The van der Waals surface area contributed by atoms with Crippen LogP contribution in [0.4, 0.5) is 5.69 Å². The number of hydrogen-bond donors (Lipinski definition) is 1. The first kappa shape index (κ1) is 21.3. The maximum absolute atomic E-state index is 12.5. The number of hydrazone groups is 1. The van der Waals surface area contributed by atoms with Crippen molar-refractivity contribution in [1.29, 1.82) is 0 Å². The molecule has 0 aromatic heterocycles. The summed E-state index contributed by atoms with van der Waals surface area (Å²) in [4.78, 5) is 12.5. The number of carbonyl (C=O) groups is 1. The summed E-state index contributed by atoms with van der Waals surface area (Å²) < 4.78 is 25.6. The number of nitrogens with zero attached hydrogens (tertiary/aromatic N) is 2. The Balaban J connectivity index is 1.53. The summed E-state index contributed by atoms with van der Waals surface area (Å²) in [6.45, 7) is 1.31. The van der Waals surface area contributed by atoms with E-state index >= 15 is 0 Å². The summed E-state index contributed by atoms with van der Waals surface area (Å²) in [6, 6.07) is 15.2. The van der Waals surface area contributed by atoms with Crippen molar-refractivity contribution in [3.63, 3.8) is 0 Å². The molecular formula is C23H22ClN3O3S. The Morgan fingerprint density at radius 2 is 1.84 bits per heavy atom. The van der Waals surface area contributed by atoms with Crippen LogP contribution in [0.2, 0.25) is 5.02 Å². The zero-order valence-corrected chi connectivity index (χ0v) is 18.8. The van der Waals surface area contributed by atoms with Crippen molar-refractivity contribution >= 4 is 50.2 Å². The monoisotopic (exact) mass is 455 g/mol. The van der Waals surface area contributed by atoms with Gasteiger partial charge in [0, 0.05) is 10.6 Å². The highest BCUT2D eigenvalue weighted by Crippen LogP contribution is 2.32. The second kappa shape index (κ2) is 8.32.